The van der Waals surface area contributed by atoms with Crippen LogP contribution in [-0.2, 0) is 4.79 Å². The number of carbonyl (C=O) groups excluding carboxylic acids is 2. The maximum absolute atomic E-state index is 12.8. The van der Waals surface area contributed by atoms with Crippen LogP contribution in [0.4, 0.5) is 4.79 Å². The highest BCUT2D eigenvalue weighted by molar-refractivity contribution is 5.83. The third kappa shape index (κ3) is 4.08. The minimum absolute atomic E-state index is 0.0936. The van der Waals surface area contributed by atoms with E-state index in [1.54, 1.807) is 23.2 Å². The van der Waals surface area contributed by atoms with Crippen LogP contribution < -0.4 is 4.74 Å². The summed E-state index contributed by atoms with van der Waals surface area (Å²) >= 11 is 0. The summed E-state index contributed by atoms with van der Waals surface area (Å²) in [6, 6.07) is 4.27. The Kier molecular flexibility index (Phi) is 5.29. The van der Waals surface area contributed by atoms with Crippen molar-refractivity contribution in [3.63, 3.8) is 0 Å². The van der Waals surface area contributed by atoms with Gasteiger partial charge in [0, 0.05) is 51.0 Å². The van der Waals surface area contributed by atoms with Gasteiger partial charge in [0.05, 0.1) is 12.1 Å². The number of rotatable bonds is 3. The van der Waals surface area contributed by atoms with E-state index in [1.165, 1.54) is 19.3 Å². The lowest BCUT2D eigenvalue weighted by Gasteiger charge is -2.39. The molecule has 2 aliphatic heterocycles. The van der Waals surface area contributed by atoms with Crippen LogP contribution in [0.25, 0.3) is 0 Å². The zero-order chi connectivity index (χ0) is 18.8. The van der Waals surface area contributed by atoms with Crippen molar-refractivity contribution in [3.05, 3.63) is 24.0 Å². The quantitative estimate of drug-likeness (QED) is 0.811. The number of carbonyl (C=O) groups is 2. The number of ether oxygens (including phenoxy) is 1. The average molecular weight is 372 g/mol. The van der Waals surface area contributed by atoms with Crippen molar-refractivity contribution < 1.29 is 14.3 Å². The van der Waals surface area contributed by atoms with Crippen LogP contribution in [0.5, 0.6) is 5.75 Å². The molecule has 3 aliphatic rings. The molecule has 2 saturated heterocycles. The second-order valence-corrected chi connectivity index (χ2v) is 7.90. The fourth-order valence-corrected chi connectivity index (χ4v) is 4.00. The first-order valence-electron chi connectivity index (χ1n) is 10.0. The van der Waals surface area contributed by atoms with Gasteiger partial charge in [-0.2, -0.15) is 0 Å². The van der Waals surface area contributed by atoms with E-state index < -0.39 is 6.09 Å². The summed E-state index contributed by atoms with van der Waals surface area (Å²) in [6.07, 6.45) is 6.14. The molecule has 1 aromatic heterocycles. The summed E-state index contributed by atoms with van der Waals surface area (Å²) in [5.41, 5.74) is 0.873. The molecule has 7 nitrogen and oxygen atoms in total. The Labute approximate surface area is 160 Å². The third-order valence-corrected chi connectivity index (χ3v) is 6.01. The van der Waals surface area contributed by atoms with Gasteiger partial charge in [-0.1, -0.05) is 6.42 Å². The van der Waals surface area contributed by atoms with Crippen molar-refractivity contribution in [1.82, 2.24) is 19.7 Å². The van der Waals surface area contributed by atoms with Crippen LogP contribution >= 0.6 is 0 Å². The Bertz CT molecular complexity index is 683. The molecule has 1 saturated carbocycles. The number of nitrogens with zero attached hydrogens (tertiary/aromatic N) is 4. The van der Waals surface area contributed by atoms with Gasteiger partial charge in [-0.15, -0.1) is 0 Å². The molecule has 146 valence electrons. The van der Waals surface area contributed by atoms with Crippen LogP contribution in [0.1, 0.15) is 31.4 Å². The number of aromatic nitrogens is 1. The fourth-order valence-electron chi connectivity index (χ4n) is 4.00. The highest BCUT2D eigenvalue weighted by Gasteiger charge is 2.39. The van der Waals surface area contributed by atoms with E-state index in [0.29, 0.717) is 18.8 Å². The SMILES string of the molecule is Cc1ccc(OC(=O)N2CC(C(=O)N3CCCN(C4CCC4)CC3)C2)cn1. The third-order valence-electron chi connectivity index (χ3n) is 6.01. The van der Waals surface area contributed by atoms with Crippen molar-refractivity contribution in [2.75, 3.05) is 39.3 Å². The molecule has 0 aromatic carbocycles. The first-order valence-corrected chi connectivity index (χ1v) is 10.0. The number of aryl methyl sites for hydroxylation is 1. The Morgan fingerprint density at radius 3 is 2.52 bits per heavy atom. The molecule has 3 heterocycles. The van der Waals surface area contributed by atoms with Gasteiger partial charge >= 0.3 is 6.09 Å². The van der Waals surface area contributed by atoms with Crippen LogP contribution in [0.3, 0.4) is 0 Å². The highest BCUT2D eigenvalue weighted by atomic mass is 16.6. The van der Waals surface area contributed by atoms with E-state index in [2.05, 4.69) is 9.88 Å². The summed E-state index contributed by atoms with van der Waals surface area (Å²) in [6.45, 7) is 6.49. The predicted molar refractivity (Wildman–Crippen MR) is 100 cm³/mol. The monoisotopic (exact) mass is 372 g/mol. The van der Waals surface area contributed by atoms with Crippen molar-refractivity contribution >= 4 is 12.0 Å². The number of hydrogen-bond acceptors (Lipinski definition) is 5. The summed E-state index contributed by atoms with van der Waals surface area (Å²) < 4.78 is 5.32. The lowest BCUT2D eigenvalue weighted by Crippen LogP contribution is -2.57. The summed E-state index contributed by atoms with van der Waals surface area (Å²) in [4.78, 5) is 35.2. The molecule has 4 rings (SSSR count). The molecule has 0 spiro atoms. The molecule has 0 N–H and O–H groups in total. The lowest BCUT2D eigenvalue weighted by molar-refractivity contribution is -0.139. The highest BCUT2D eigenvalue weighted by Crippen LogP contribution is 2.26. The smallest absolute Gasteiger partial charge is 0.409 e. The molecule has 0 atom stereocenters. The number of amides is 2. The zero-order valence-electron chi connectivity index (χ0n) is 16.0. The minimum Gasteiger partial charge on any atom is -0.409 e. The topological polar surface area (TPSA) is 66.0 Å². The van der Waals surface area contributed by atoms with Crippen molar-refractivity contribution in [3.8, 4) is 5.75 Å². The molecular weight excluding hydrogens is 344 g/mol. The standard InChI is InChI=1S/C20H28N4O3/c1-15-6-7-18(12-21-15)27-20(26)24-13-16(14-24)19(25)23-9-3-8-22(10-11-23)17-4-2-5-17/h6-7,12,16-17H,2-5,8-11,13-14H2,1H3. The van der Waals surface area contributed by atoms with E-state index in [9.17, 15) is 9.59 Å². The number of pyridine rings is 1. The molecule has 0 radical (unpaired) electrons. The molecule has 27 heavy (non-hydrogen) atoms. The lowest BCUT2D eigenvalue weighted by atomic mass is 9.91. The summed E-state index contributed by atoms with van der Waals surface area (Å²) in [7, 11) is 0. The Hall–Kier alpha value is -2.15. The second-order valence-electron chi connectivity index (χ2n) is 7.90. The Balaban J connectivity index is 1.23. The van der Waals surface area contributed by atoms with Gasteiger partial charge in [-0.3, -0.25) is 14.7 Å². The zero-order valence-corrected chi connectivity index (χ0v) is 16.0. The molecular formula is C20H28N4O3. The van der Waals surface area contributed by atoms with Crippen LogP contribution in [0, 0.1) is 12.8 Å². The normalized spacial score (nSPS) is 22.0. The molecule has 7 heteroatoms. The Morgan fingerprint density at radius 2 is 1.85 bits per heavy atom. The van der Waals surface area contributed by atoms with Gasteiger partial charge in [0.2, 0.25) is 5.91 Å². The van der Waals surface area contributed by atoms with E-state index in [-0.39, 0.29) is 11.8 Å². The van der Waals surface area contributed by atoms with Gasteiger partial charge in [-0.05, 0) is 38.3 Å². The Morgan fingerprint density at radius 1 is 1.04 bits per heavy atom. The summed E-state index contributed by atoms with van der Waals surface area (Å²) in [5.74, 6) is 0.527. The van der Waals surface area contributed by atoms with E-state index in [0.717, 1.165) is 44.3 Å². The van der Waals surface area contributed by atoms with Crippen molar-refractivity contribution in [1.29, 1.82) is 0 Å². The predicted octanol–water partition coefficient (Wildman–Crippen LogP) is 1.91. The molecule has 1 aliphatic carbocycles. The van der Waals surface area contributed by atoms with E-state index >= 15 is 0 Å². The minimum atomic E-state index is -0.406. The van der Waals surface area contributed by atoms with Crippen molar-refractivity contribution in [2.24, 2.45) is 5.92 Å². The maximum Gasteiger partial charge on any atom is 0.415 e. The van der Waals surface area contributed by atoms with Gasteiger partial charge in [0.25, 0.3) is 0 Å². The number of hydrogen-bond donors (Lipinski definition) is 0. The first-order chi connectivity index (χ1) is 13.1. The van der Waals surface area contributed by atoms with Gasteiger partial charge in [0.15, 0.2) is 5.75 Å². The first kappa shape index (κ1) is 18.2. The van der Waals surface area contributed by atoms with Gasteiger partial charge in [0.1, 0.15) is 0 Å². The van der Waals surface area contributed by atoms with Gasteiger partial charge in [-0.25, -0.2) is 4.79 Å². The summed E-state index contributed by atoms with van der Waals surface area (Å²) in [5, 5.41) is 0. The van der Waals surface area contributed by atoms with Crippen molar-refractivity contribution in [2.45, 2.75) is 38.6 Å². The average Bonchev–Trinajstić information content (AvgIpc) is 2.80. The van der Waals surface area contributed by atoms with Gasteiger partial charge < -0.3 is 14.5 Å². The molecule has 0 unspecified atom stereocenters. The van der Waals surface area contributed by atoms with E-state index in [4.69, 9.17) is 4.74 Å². The van der Waals surface area contributed by atoms with Crippen LogP contribution in [-0.4, -0.2) is 77.0 Å². The molecule has 2 amide bonds. The van der Waals surface area contributed by atoms with E-state index in [1.807, 2.05) is 11.8 Å². The van der Waals surface area contributed by atoms with Crippen LogP contribution in [0.2, 0.25) is 0 Å². The molecule has 3 fully saturated rings. The maximum atomic E-state index is 12.8. The second kappa shape index (κ2) is 7.84. The number of likely N-dealkylation sites (tertiary alicyclic amines) is 1. The largest absolute Gasteiger partial charge is 0.415 e. The molecule has 0 bridgehead atoms. The van der Waals surface area contributed by atoms with Crippen LogP contribution in [0.15, 0.2) is 18.3 Å². The fraction of sp³-hybridized carbons (Fsp3) is 0.650. The molecule has 1 aromatic rings.